The molecule has 0 bridgehead atoms. The van der Waals surface area contributed by atoms with E-state index in [-0.39, 0.29) is 17.7 Å². The molecule has 3 aromatic carbocycles. The third kappa shape index (κ3) is 4.35. The highest BCUT2D eigenvalue weighted by molar-refractivity contribution is 6.30. The van der Waals surface area contributed by atoms with Crippen molar-refractivity contribution in [2.45, 2.75) is 12.5 Å². The van der Waals surface area contributed by atoms with Crippen LogP contribution in [0.2, 0.25) is 10.0 Å². The first kappa shape index (κ1) is 21.9. The van der Waals surface area contributed by atoms with E-state index in [4.69, 9.17) is 23.2 Å². The van der Waals surface area contributed by atoms with E-state index >= 15 is 0 Å². The molecule has 0 aliphatic rings. The van der Waals surface area contributed by atoms with E-state index in [9.17, 15) is 14.7 Å². The van der Waals surface area contributed by atoms with Crippen molar-refractivity contribution in [3.8, 4) is 5.75 Å². The lowest BCUT2D eigenvalue weighted by molar-refractivity contribution is 0.0972. The maximum absolute atomic E-state index is 13.3. The fourth-order valence-corrected chi connectivity index (χ4v) is 3.96. The Hall–Kier alpha value is -3.28. The first-order chi connectivity index (χ1) is 15.3. The SMILES string of the molecule is Cn1c(=O)c(C(=O)C[C@@H](Nc2ccc(Cl)cc2)c2ccc(Cl)cc2)c(O)c2ccccc21. The van der Waals surface area contributed by atoms with Gasteiger partial charge in [-0.15, -0.1) is 0 Å². The summed E-state index contributed by atoms with van der Waals surface area (Å²) in [5.41, 5.74) is 1.38. The van der Waals surface area contributed by atoms with Gasteiger partial charge in [-0.05, 0) is 54.1 Å². The number of pyridine rings is 1. The average Bonchev–Trinajstić information content (AvgIpc) is 2.79. The summed E-state index contributed by atoms with van der Waals surface area (Å²) in [7, 11) is 1.59. The first-order valence-corrected chi connectivity index (χ1v) is 10.7. The van der Waals surface area contributed by atoms with Crippen molar-refractivity contribution in [2.75, 3.05) is 5.32 Å². The number of carbonyl (C=O) groups is 1. The number of aromatic nitrogens is 1. The van der Waals surface area contributed by atoms with Gasteiger partial charge in [-0.2, -0.15) is 0 Å². The summed E-state index contributed by atoms with van der Waals surface area (Å²) in [6.07, 6.45) is -0.0502. The number of halogens is 2. The summed E-state index contributed by atoms with van der Waals surface area (Å²) in [4.78, 5) is 26.2. The highest BCUT2D eigenvalue weighted by Crippen LogP contribution is 2.30. The lowest BCUT2D eigenvalue weighted by Crippen LogP contribution is -2.26. The number of ketones is 1. The second-order valence-electron chi connectivity index (χ2n) is 7.49. The minimum absolute atomic E-state index is 0.0502. The molecule has 1 aromatic heterocycles. The number of nitrogens with one attached hydrogen (secondary N) is 1. The predicted octanol–water partition coefficient (Wildman–Crippen LogP) is 5.98. The second-order valence-corrected chi connectivity index (χ2v) is 8.36. The molecule has 162 valence electrons. The van der Waals surface area contributed by atoms with E-state index in [1.807, 2.05) is 24.3 Å². The Morgan fingerprint density at radius 2 is 1.56 bits per heavy atom. The van der Waals surface area contributed by atoms with Gasteiger partial charge in [0, 0.05) is 34.6 Å². The molecular formula is C25H20Cl2N2O3. The number of hydrogen-bond donors (Lipinski definition) is 2. The number of benzene rings is 3. The van der Waals surface area contributed by atoms with Crippen LogP contribution in [0, 0.1) is 0 Å². The van der Waals surface area contributed by atoms with Crippen LogP contribution in [0.3, 0.4) is 0 Å². The molecule has 2 N–H and O–H groups in total. The number of nitrogens with zero attached hydrogens (tertiary/aromatic N) is 1. The molecule has 1 heterocycles. The highest BCUT2D eigenvalue weighted by Gasteiger charge is 2.24. The molecule has 0 saturated heterocycles. The minimum Gasteiger partial charge on any atom is -0.506 e. The van der Waals surface area contributed by atoms with Crippen molar-refractivity contribution in [1.82, 2.24) is 4.57 Å². The fraction of sp³-hybridized carbons (Fsp3) is 0.120. The average molecular weight is 467 g/mol. The second kappa shape index (κ2) is 9.07. The summed E-state index contributed by atoms with van der Waals surface area (Å²) in [5.74, 6) is -0.759. The zero-order chi connectivity index (χ0) is 22.8. The van der Waals surface area contributed by atoms with Gasteiger partial charge in [0.1, 0.15) is 11.3 Å². The van der Waals surface area contributed by atoms with Gasteiger partial charge in [0.25, 0.3) is 5.56 Å². The Labute approximate surface area is 194 Å². The maximum Gasteiger partial charge on any atom is 0.265 e. The van der Waals surface area contributed by atoms with E-state index in [1.165, 1.54) is 4.57 Å². The molecule has 0 fully saturated rings. The molecule has 0 radical (unpaired) electrons. The molecule has 32 heavy (non-hydrogen) atoms. The van der Waals surface area contributed by atoms with Crippen LogP contribution in [-0.2, 0) is 7.05 Å². The number of fused-ring (bicyclic) bond motifs is 1. The summed E-state index contributed by atoms with van der Waals surface area (Å²) in [5, 5.41) is 15.7. The Kier molecular flexibility index (Phi) is 6.21. The van der Waals surface area contributed by atoms with Crippen LogP contribution in [-0.4, -0.2) is 15.5 Å². The number of aryl methyl sites for hydroxylation is 1. The van der Waals surface area contributed by atoms with Crippen molar-refractivity contribution in [3.05, 3.63) is 104 Å². The van der Waals surface area contributed by atoms with Crippen molar-refractivity contribution >= 4 is 45.6 Å². The normalized spacial score (nSPS) is 12.0. The topological polar surface area (TPSA) is 71.3 Å². The molecule has 0 amide bonds. The highest BCUT2D eigenvalue weighted by atomic mass is 35.5. The number of aromatic hydroxyl groups is 1. The van der Waals surface area contributed by atoms with Gasteiger partial charge in [0.2, 0.25) is 0 Å². The number of para-hydroxylation sites is 1. The summed E-state index contributed by atoms with van der Waals surface area (Å²) >= 11 is 12.0. The number of hydrogen-bond acceptors (Lipinski definition) is 4. The van der Waals surface area contributed by atoms with Crippen LogP contribution in [0.4, 0.5) is 5.69 Å². The minimum atomic E-state index is -0.535. The van der Waals surface area contributed by atoms with Crippen molar-refractivity contribution < 1.29 is 9.90 Å². The number of carbonyl (C=O) groups excluding carboxylic acids is 1. The van der Waals surface area contributed by atoms with Crippen molar-refractivity contribution in [2.24, 2.45) is 7.05 Å². The molecule has 4 rings (SSSR count). The number of rotatable bonds is 6. The molecule has 0 saturated carbocycles. The number of anilines is 1. The van der Waals surface area contributed by atoms with Crippen LogP contribution in [0.25, 0.3) is 10.9 Å². The molecular weight excluding hydrogens is 447 g/mol. The zero-order valence-corrected chi connectivity index (χ0v) is 18.7. The van der Waals surface area contributed by atoms with Gasteiger partial charge in [-0.3, -0.25) is 9.59 Å². The lowest BCUT2D eigenvalue weighted by Gasteiger charge is -2.21. The van der Waals surface area contributed by atoms with Gasteiger partial charge in [-0.25, -0.2) is 0 Å². The molecule has 0 aliphatic carbocycles. The molecule has 4 aromatic rings. The summed E-state index contributed by atoms with van der Waals surface area (Å²) < 4.78 is 1.38. The van der Waals surface area contributed by atoms with Gasteiger partial charge in [0.05, 0.1) is 11.6 Å². The van der Waals surface area contributed by atoms with Gasteiger partial charge in [-0.1, -0.05) is 47.5 Å². The molecule has 5 nitrogen and oxygen atoms in total. The Morgan fingerprint density at radius 3 is 2.22 bits per heavy atom. The van der Waals surface area contributed by atoms with Crippen molar-refractivity contribution in [1.29, 1.82) is 0 Å². The Bertz CT molecular complexity index is 1350. The van der Waals surface area contributed by atoms with E-state index in [1.54, 1.807) is 55.6 Å². The van der Waals surface area contributed by atoms with Gasteiger partial charge >= 0.3 is 0 Å². The van der Waals surface area contributed by atoms with Crippen LogP contribution >= 0.6 is 23.2 Å². The monoisotopic (exact) mass is 466 g/mol. The van der Waals surface area contributed by atoms with Gasteiger partial charge in [0.15, 0.2) is 5.78 Å². The Balaban J connectivity index is 1.73. The standard InChI is InChI=1S/C25H20Cl2N2O3/c1-29-21-5-3-2-4-19(21)24(31)23(25(29)32)22(30)14-20(15-6-8-16(26)9-7-15)28-18-12-10-17(27)11-13-18/h2-13,20,28,31H,14H2,1H3/t20-/m1/s1. The summed E-state index contributed by atoms with van der Waals surface area (Å²) in [6.45, 7) is 0. The van der Waals surface area contributed by atoms with Gasteiger partial charge < -0.3 is 15.0 Å². The molecule has 0 unspecified atom stereocenters. The lowest BCUT2D eigenvalue weighted by atomic mass is 9.96. The third-order valence-electron chi connectivity index (χ3n) is 5.40. The molecule has 0 spiro atoms. The molecule has 7 heteroatoms. The van der Waals surface area contributed by atoms with E-state index < -0.39 is 17.4 Å². The van der Waals surface area contributed by atoms with Crippen LogP contribution in [0.5, 0.6) is 5.75 Å². The zero-order valence-electron chi connectivity index (χ0n) is 17.2. The largest absolute Gasteiger partial charge is 0.506 e. The van der Waals surface area contributed by atoms with Crippen LogP contribution in [0.15, 0.2) is 77.6 Å². The van der Waals surface area contributed by atoms with E-state index in [0.717, 1.165) is 11.3 Å². The quantitative estimate of drug-likeness (QED) is 0.343. The Morgan fingerprint density at radius 1 is 0.969 bits per heavy atom. The van der Waals surface area contributed by atoms with E-state index in [2.05, 4.69) is 5.32 Å². The van der Waals surface area contributed by atoms with E-state index in [0.29, 0.717) is 20.9 Å². The third-order valence-corrected chi connectivity index (χ3v) is 5.91. The molecule has 0 aliphatic heterocycles. The van der Waals surface area contributed by atoms with Crippen molar-refractivity contribution in [3.63, 3.8) is 0 Å². The van der Waals surface area contributed by atoms with Crippen LogP contribution < -0.4 is 10.9 Å². The first-order valence-electron chi connectivity index (χ1n) is 9.96. The summed E-state index contributed by atoms with van der Waals surface area (Å²) in [6, 6.07) is 20.7. The smallest absolute Gasteiger partial charge is 0.265 e. The fourth-order valence-electron chi connectivity index (χ4n) is 3.71. The van der Waals surface area contributed by atoms with Crippen LogP contribution in [0.1, 0.15) is 28.4 Å². The molecule has 1 atom stereocenters. The number of Topliss-reactive ketones (excluding diaryl/α,β-unsaturated/α-hetero) is 1. The predicted molar refractivity (Wildman–Crippen MR) is 129 cm³/mol. The maximum atomic E-state index is 13.3.